The Morgan fingerprint density at radius 3 is 2.43 bits per heavy atom. The van der Waals surface area contributed by atoms with E-state index in [1.807, 2.05) is 0 Å². The third-order valence-corrected chi connectivity index (χ3v) is 5.17. The van der Waals surface area contributed by atoms with Crippen LogP contribution in [0.5, 0.6) is 0 Å². The Balaban J connectivity index is 2.38. The molecule has 0 aromatic rings. The summed E-state index contributed by atoms with van der Waals surface area (Å²) < 4.78 is 23.7. The Morgan fingerprint density at radius 2 is 1.86 bits per heavy atom. The molecular formula is C10H21NO2S. The maximum atomic E-state index is 11.8. The van der Waals surface area contributed by atoms with Gasteiger partial charge in [-0.05, 0) is 32.4 Å². The predicted molar refractivity (Wildman–Crippen MR) is 59.2 cm³/mol. The van der Waals surface area contributed by atoms with Crippen molar-refractivity contribution < 1.29 is 8.42 Å². The average molecular weight is 219 g/mol. The first kappa shape index (κ1) is 12.0. The molecule has 0 aromatic carbocycles. The standard InChI is InChI=1S/C10H21NO2S/c1-2-3-4-9-14(12,13)10-5-7-11-8-6-10/h10-11H,2-9H2,1H3. The normalized spacial score (nSPS) is 19.8. The number of unbranched alkanes of at least 4 members (excludes halogenated alkanes) is 2. The second kappa shape index (κ2) is 5.71. The van der Waals surface area contributed by atoms with Gasteiger partial charge in [-0.1, -0.05) is 19.8 Å². The molecule has 84 valence electrons. The van der Waals surface area contributed by atoms with Crippen LogP contribution >= 0.6 is 0 Å². The summed E-state index contributed by atoms with van der Waals surface area (Å²) >= 11 is 0. The molecule has 0 spiro atoms. The highest BCUT2D eigenvalue weighted by atomic mass is 32.2. The van der Waals surface area contributed by atoms with E-state index in [4.69, 9.17) is 0 Å². The van der Waals surface area contributed by atoms with Crippen molar-refractivity contribution in [3.63, 3.8) is 0 Å². The van der Waals surface area contributed by atoms with E-state index >= 15 is 0 Å². The van der Waals surface area contributed by atoms with Crippen molar-refractivity contribution in [3.8, 4) is 0 Å². The number of piperidine rings is 1. The molecule has 0 saturated carbocycles. The third-order valence-electron chi connectivity index (χ3n) is 2.83. The van der Waals surface area contributed by atoms with E-state index in [9.17, 15) is 8.42 Å². The summed E-state index contributed by atoms with van der Waals surface area (Å²) in [4.78, 5) is 0. The van der Waals surface area contributed by atoms with E-state index in [2.05, 4.69) is 12.2 Å². The lowest BCUT2D eigenvalue weighted by molar-refractivity contribution is 0.495. The van der Waals surface area contributed by atoms with Crippen LogP contribution in [0.25, 0.3) is 0 Å². The van der Waals surface area contributed by atoms with Gasteiger partial charge in [0.05, 0.1) is 11.0 Å². The molecule has 1 fully saturated rings. The molecule has 0 radical (unpaired) electrons. The SMILES string of the molecule is CCCCCS(=O)(=O)C1CCNCC1. The van der Waals surface area contributed by atoms with E-state index < -0.39 is 9.84 Å². The van der Waals surface area contributed by atoms with E-state index in [-0.39, 0.29) is 5.25 Å². The van der Waals surface area contributed by atoms with Crippen LogP contribution in [0.15, 0.2) is 0 Å². The Labute approximate surface area is 87.2 Å². The molecular weight excluding hydrogens is 198 g/mol. The number of rotatable bonds is 5. The van der Waals surface area contributed by atoms with E-state index in [0.29, 0.717) is 5.75 Å². The van der Waals surface area contributed by atoms with Gasteiger partial charge < -0.3 is 5.32 Å². The summed E-state index contributed by atoms with van der Waals surface area (Å²) in [5, 5.41) is 3.12. The van der Waals surface area contributed by atoms with Crippen LogP contribution in [0, 0.1) is 0 Å². The molecule has 0 unspecified atom stereocenters. The number of hydrogen-bond donors (Lipinski definition) is 1. The van der Waals surface area contributed by atoms with Crippen LogP contribution in [0.2, 0.25) is 0 Å². The Bertz CT molecular complexity index is 243. The van der Waals surface area contributed by atoms with Gasteiger partial charge in [0.25, 0.3) is 0 Å². The summed E-state index contributed by atoms with van der Waals surface area (Å²) in [7, 11) is -2.80. The highest BCUT2D eigenvalue weighted by molar-refractivity contribution is 7.92. The topological polar surface area (TPSA) is 46.2 Å². The summed E-state index contributed by atoms with van der Waals surface area (Å²) in [5.41, 5.74) is 0. The van der Waals surface area contributed by atoms with Crippen LogP contribution in [0.1, 0.15) is 39.0 Å². The first-order valence-electron chi connectivity index (χ1n) is 5.59. The van der Waals surface area contributed by atoms with Crippen molar-refractivity contribution >= 4 is 9.84 Å². The van der Waals surface area contributed by atoms with E-state index in [1.54, 1.807) is 0 Å². The van der Waals surface area contributed by atoms with Gasteiger partial charge in [-0.3, -0.25) is 0 Å². The second-order valence-corrected chi connectivity index (χ2v) is 6.42. The second-order valence-electron chi connectivity index (χ2n) is 4.02. The van der Waals surface area contributed by atoms with Gasteiger partial charge in [0.15, 0.2) is 9.84 Å². The quantitative estimate of drug-likeness (QED) is 0.710. The predicted octanol–water partition coefficient (Wildman–Crippen LogP) is 1.34. The molecule has 0 atom stereocenters. The van der Waals surface area contributed by atoms with Crippen molar-refractivity contribution in [2.24, 2.45) is 0 Å². The smallest absolute Gasteiger partial charge is 0.153 e. The fourth-order valence-corrected chi connectivity index (χ4v) is 3.77. The Kier molecular flexibility index (Phi) is 4.89. The van der Waals surface area contributed by atoms with Crippen molar-refractivity contribution in [2.75, 3.05) is 18.8 Å². The van der Waals surface area contributed by atoms with Crippen LogP contribution < -0.4 is 5.32 Å². The van der Waals surface area contributed by atoms with Crippen LogP contribution in [-0.2, 0) is 9.84 Å². The van der Waals surface area contributed by atoms with Crippen molar-refractivity contribution in [3.05, 3.63) is 0 Å². The van der Waals surface area contributed by atoms with E-state index in [1.165, 1.54) is 0 Å². The molecule has 0 amide bonds. The minimum Gasteiger partial charge on any atom is -0.317 e. The molecule has 1 aliphatic rings. The molecule has 1 heterocycles. The zero-order valence-electron chi connectivity index (χ0n) is 8.96. The molecule has 1 aliphatic heterocycles. The van der Waals surface area contributed by atoms with Gasteiger partial charge in [-0.15, -0.1) is 0 Å². The zero-order chi connectivity index (χ0) is 10.4. The maximum absolute atomic E-state index is 11.8. The van der Waals surface area contributed by atoms with Gasteiger partial charge in [0.2, 0.25) is 0 Å². The molecule has 1 N–H and O–H groups in total. The molecule has 0 aromatic heterocycles. The van der Waals surface area contributed by atoms with Gasteiger partial charge in [0.1, 0.15) is 0 Å². The van der Waals surface area contributed by atoms with Crippen molar-refractivity contribution in [2.45, 2.75) is 44.3 Å². The van der Waals surface area contributed by atoms with E-state index in [0.717, 1.165) is 45.2 Å². The molecule has 1 rings (SSSR count). The fraction of sp³-hybridized carbons (Fsp3) is 1.00. The Hall–Kier alpha value is -0.0900. The van der Waals surface area contributed by atoms with Crippen LogP contribution in [0.3, 0.4) is 0 Å². The summed E-state index contributed by atoms with van der Waals surface area (Å²) in [6.45, 7) is 3.81. The highest BCUT2D eigenvalue weighted by Gasteiger charge is 2.26. The molecule has 14 heavy (non-hydrogen) atoms. The lowest BCUT2D eigenvalue weighted by atomic mass is 10.2. The number of nitrogens with one attached hydrogen (secondary N) is 1. The first-order chi connectivity index (χ1) is 6.67. The summed E-state index contributed by atoms with van der Waals surface area (Å²) in [6.07, 6.45) is 4.55. The molecule has 0 bridgehead atoms. The third kappa shape index (κ3) is 3.58. The fourth-order valence-electron chi connectivity index (χ4n) is 1.87. The monoisotopic (exact) mass is 219 g/mol. The first-order valence-corrected chi connectivity index (χ1v) is 7.30. The van der Waals surface area contributed by atoms with Crippen molar-refractivity contribution in [1.29, 1.82) is 0 Å². The largest absolute Gasteiger partial charge is 0.317 e. The molecule has 3 nitrogen and oxygen atoms in total. The lowest BCUT2D eigenvalue weighted by Crippen LogP contribution is -2.36. The number of hydrogen-bond acceptors (Lipinski definition) is 3. The zero-order valence-corrected chi connectivity index (χ0v) is 9.78. The maximum Gasteiger partial charge on any atom is 0.153 e. The van der Waals surface area contributed by atoms with Gasteiger partial charge >= 0.3 is 0 Å². The molecule has 4 heteroatoms. The summed E-state index contributed by atoms with van der Waals surface area (Å²) in [5.74, 6) is 0.394. The van der Waals surface area contributed by atoms with Gasteiger partial charge in [-0.25, -0.2) is 8.42 Å². The Morgan fingerprint density at radius 1 is 1.21 bits per heavy atom. The lowest BCUT2D eigenvalue weighted by Gasteiger charge is -2.22. The van der Waals surface area contributed by atoms with Gasteiger partial charge in [-0.2, -0.15) is 0 Å². The summed E-state index contributed by atoms with van der Waals surface area (Å²) in [6, 6.07) is 0. The average Bonchev–Trinajstić information content (AvgIpc) is 2.19. The van der Waals surface area contributed by atoms with Crippen LogP contribution in [-0.4, -0.2) is 32.5 Å². The van der Waals surface area contributed by atoms with Gasteiger partial charge in [0, 0.05) is 0 Å². The minimum atomic E-state index is -2.80. The van der Waals surface area contributed by atoms with Crippen LogP contribution in [0.4, 0.5) is 0 Å². The molecule has 1 saturated heterocycles. The van der Waals surface area contributed by atoms with Crippen molar-refractivity contribution in [1.82, 2.24) is 5.32 Å². The minimum absolute atomic E-state index is 0.0689. The molecule has 0 aliphatic carbocycles. The number of sulfone groups is 1. The highest BCUT2D eigenvalue weighted by Crippen LogP contribution is 2.15.